The third kappa shape index (κ3) is 8.49. The van der Waals surface area contributed by atoms with Crippen LogP contribution in [0.2, 0.25) is 0 Å². The summed E-state index contributed by atoms with van der Waals surface area (Å²) in [6, 6.07) is 0. The molecule has 0 amide bonds. The zero-order valence-corrected chi connectivity index (χ0v) is 11.7. The van der Waals surface area contributed by atoms with Crippen molar-refractivity contribution in [3.05, 3.63) is 36.0 Å². The summed E-state index contributed by atoms with van der Waals surface area (Å²) in [5.74, 6) is 0.764. The Labute approximate surface area is 102 Å². The van der Waals surface area contributed by atoms with E-state index in [-0.39, 0.29) is 0 Å². The molecule has 1 aliphatic rings. The Hall–Kier alpha value is -0.820. The fourth-order valence-electron chi connectivity index (χ4n) is 1.57. The molecule has 0 saturated carbocycles. The summed E-state index contributed by atoms with van der Waals surface area (Å²) in [7, 11) is 1.50. The van der Waals surface area contributed by atoms with E-state index < -0.39 is 0 Å². The number of rotatable bonds is 2. The van der Waals surface area contributed by atoms with E-state index >= 15 is 0 Å². The molecular formula is C15H29N. The first-order chi connectivity index (χ1) is 7.84. The molecule has 0 aromatic rings. The lowest BCUT2D eigenvalue weighted by atomic mass is 9.89. The largest absolute Gasteiger partial charge is 0.333 e. The van der Waals surface area contributed by atoms with E-state index in [4.69, 9.17) is 0 Å². The first-order valence-corrected chi connectivity index (χ1v) is 6.41. The van der Waals surface area contributed by atoms with Crippen molar-refractivity contribution in [2.75, 3.05) is 7.05 Å². The summed E-state index contributed by atoms with van der Waals surface area (Å²) in [5.41, 5.74) is 6.01. The minimum absolute atomic E-state index is 0.764. The first kappa shape index (κ1) is 17.6. The molecule has 0 radical (unpaired) electrons. The molecule has 1 unspecified atom stereocenters. The fraction of sp³-hybridized carbons (Fsp3) is 0.600. The average molecular weight is 223 g/mol. The van der Waals surface area contributed by atoms with Crippen molar-refractivity contribution >= 4 is 0 Å². The molecule has 0 fully saturated rings. The molecule has 1 heteroatoms. The lowest BCUT2D eigenvalue weighted by Crippen LogP contribution is -2.01. The molecule has 0 aliphatic heterocycles. The van der Waals surface area contributed by atoms with E-state index in [0.717, 1.165) is 5.92 Å². The summed E-state index contributed by atoms with van der Waals surface area (Å²) < 4.78 is 0. The Morgan fingerprint density at radius 2 is 1.88 bits per heavy atom. The SMILES string of the molecule is C/C=C\C=C/C1=CCCCC1C.CC.CN. The van der Waals surface area contributed by atoms with Gasteiger partial charge in [-0.25, -0.2) is 0 Å². The average Bonchev–Trinajstić information content (AvgIpc) is 2.37. The number of allylic oxidation sites excluding steroid dienone is 6. The summed E-state index contributed by atoms with van der Waals surface area (Å²) in [6.07, 6.45) is 14.9. The molecular weight excluding hydrogens is 194 g/mol. The Bertz CT molecular complexity index is 211. The number of hydrogen-bond acceptors (Lipinski definition) is 1. The third-order valence-electron chi connectivity index (χ3n) is 2.38. The molecule has 1 nitrogen and oxygen atoms in total. The van der Waals surface area contributed by atoms with Gasteiger partial charge in [-0.3, -0.25) is 0 Å². The monoisotopic (exact) mass is 223 g/mol. The van der Waals surface area contributed by atoms with Crippen LogP contribution in [-0.4, -0.2) is 7.05 Å². The van der Waals surface area contributed by atoms with Crippen molar-refractivity contribution in [3.63, 3.8) is 0 Å². The van der Waals surface area contributed by atoms with Crippen LogP contribution in [0.3, 0.4) is 0 Å². The van der Waals surface area contributed by atoms with Crippen LogP contribution >= 0.6 is 0 Å². The van der Waals surface area contributed by atoms with Gasteiger partial charge in [0.25, 0.3) is 0 Å². The van der Waals surface area contributed by atoms with Gasteiger partial charge in [0.05, 0.1) is 0 Å². The highest BCUT2D eigenvalue weighted by atomic mass is 14.4. The minimum Gasteiger partial charge on any atom is -0.333 e. The molecule has 0 aromatic heterocycles. The molecule has 1 atom stereocenters. The lowest BCUT2D eigenvalue weighted by molar-refractivity contribution is 0.563. The molecule has 0 aromatic carbocycles. The predicted molar refractivity (Wildman–Crippen MR) is 76.5 cm³/mol. The maximum Gasteiger partial charge on any atom is -0.0193 e. The molecule has 94 valence electrons. The summed E-state index contributed by atoms with van der Waals surface area (Å²) >= 11 is 0. The standard InChI is InChI=1S/C12H18.C2H6.CH5N/c1-3-4-5-9-12-10-7-6-8-11(12)2;2*1-2/h3-5,9-11H,6-8H2,1-2H3;1-2H3;2H2,1H3/b4-3-,9-5-;;. The van der Waals surface area contributed by atoms with Gasteiger partial charge in [-0.05, 0) is 44.7 Å². The Morgan fingerprint density at radius 3 is 2.38 bits per heavy atom. The maximum absolute atomic E-state index is 4.50. The normalized spacial score (nSPS) is 19.6. The molecule has 2 N–H and O–H groups in total. The van der Waals surface area contributed by atoms with Gasteiger partial charge in [-0.2, -0.15) is 0 Å². The van der Waals surface area contributed by atoms with E-state index in [1.807, 2.05) is 20.8 Å². The van der Waals surface area contributed by atoms with Gasteiger partial charge in [0.1, 0.15) is 0 Å². The van der Waals surface area contributed by atoms with E-state index in [1.165, 1.54) is 31.9 Å². The molecule has 0 spiro atoms. The Morgan fingerprint density at radius 1 is 1.25 bits per heavy atom. The molecule has 0 saturated heterocycles. The van der Waals surface area contributed by atoms with Crippen molar-refractivity contribution in [3.8, 4) is 0 Å². The van der Waals surface area contributed by atoms with E-state index in [0.29, 0.717) is 0 Å². The van der Waals surface area contributed by atoms with Gasteiger partial charge in [0.15, 0.2) is 0 Å². The Kier molecular flexibility index (Phi) is 15.6. The van der Waals surface area contributed by atoms with Crippen molar-refractivity contribution in [2.24, 2.45) is 11.7 Å². The van der Waals surface area contributed by atoms with E-state index in [9.17, 15) is 0 Å². The highest BCUT2D eigenvalue weighted by Gasteiger charge is 2.08. The highest BCUT2D eigenvalue weighted by Crippen LogP contribution is 2.24. The molecule has 0 heterocycles. The summed E-state index contributed by atoms with van der Waals surface area (Å²) in [6.45, 7) is 8.36. The van der Waals surface area contributed by atoms with Crippen LogP contribution in [0.4, 0.5) is 0 Å². The second-order valence-corrected chi connectivity index (χ2v) is 3.42. The van der Waals surface area contributed by atoms with Gasteiger partial charge >= 0.3 is 0 Å². The van der Waals surface area contributed by atoms with Crippen LogP contribution in [-0.2, 0) is 0 Å². The van der Waals surface area contributed by atoms with Crippen LogP contribution in [0.15, 0.2) is 36.0 Å². The first-order valence-electron chi connectivity index (χ1n) is 6.41. The minimum atomic E-state index is 0.764. The quantitative estimate of drug-likeness (QED) is 0.687. The van der Waals surface area contributed by atoms with Gasteiger partial charge in [0, 0.05) is 0 Å². The van der Waals surface area contributed by atoms with E-state index in [2.05, 4.69) is 43.0 Å². The van der Waals surface area contributed by atoms with Gasteiger partial charge in [-0.1, -0.05) is 51.2 Å². The second-order valence-electron chi connectivity index (χ2n) is 3.42. The Balaban J connectivity index is 0. The molecule has 0 bridgehead atoms. The molecule has 1 rings (SSSR count). The van der Waals surface area contributed by atoms with Crippen molar-refractivity contribution < 1.29 is 0 Å². The second kappa shape index (κ2) is 14.2. The van der Waals surface area contributed by atoms with Gasteiger partial charge in [-0.15, -0.1) is 0 Å². The highest BCUT2D eigenvalue weighted by molar-refractivity contribution is 5.25. The fourth-order valence-corrected chi connectivity index (χ4v) is 1.57. The van der Waals surface area contributed by atoms with Crippen LogP contribution in [0.25, 0.3) is 0 Å². The number of nitrogens with two attached hydrogens (primary N) is 1. The van der Waals surface area contributed by atoms with Crippen LogP contribution in [0, 0.1) is 5.92 Å². The topological polar surface area (TPSA) is 26.0 Å². The predicted octanol–water partition coefficient (Wildman–Crippen LogP) is 4.47. The number of hydrogen-bond donors (Lipinski definition) is 1. The summed E-state index contributed by atoms with van der Waals surface area (Å²) in [5, 5.41) is 0. The summed E-state index contributed by atoms with van der Waals surface area (Å²) in [4.78, 5) is 0. The van der Waals surface area contributed by atoms with Gasteiger partial charge in [0.2, 0.25) is 0 Å². The zero-order valence-electron chi connectivity index (χ0n) is 11.7. The smallest absolute Gasteiger partial charge is 0.0193 e. The van der Waals surface area contributed by atoms with Crippen LogP contribution in [0.5, 0.6) is 0 Å². The molecule has 1 aliphatic carbocycles. The van der Waals surface area contributed by atoms with Crippen molar-refractivity contribution in [2.45, 2.75) is 47.0 Å². The van der Waals surface area contributed by atoms with E-state index in [1.54, 1.807) is 0 Å². The zero-order chi connectivity index (χ0) is 12.8. The lowest BCUT2D eigenvalue weighted by Gasteiger charge is -2.17. The third-order valence-corrected chi connectivity index (χ3v) is 2.38. The van der Waals surface area contributed by atoms with Gasteiger partial charge < -0.3 is 5.73 Å². The van der Waals surface area contributed by atoms with Crippen LogP contribution in [0.1, 0.15) is 47.0 Å². The van der Waals surface area contributed by atoms with Crippen molar-refractivity contribution in [1.82, 2.24) is 0 Å². The van der Waals surface area contributed by atoms with Crippen LogP contribution < -0.4 is 5.73 Å². The maximum atomic E-state index is 4.50. The molecule has 16 heavy (non-hydrogen) atoms. The van der Waals surface area contributed by atoms with Crippen molar-refractivity contribution in [1.29, 1.82) is 0 Å².